The molecule has 0 aromatic heterocycles. The number of rotatable bonds is 14. The molecule has 0 spiro atoms. The van der Waals surface area contributed by atoms with Crippen LogP contribution in [0.5, 0.6) is 0 Å². The molecular formula is C33H44N4O7S. The second kappa shape index (κ2) is 12.5. The second-order valence-electron chi connectivity index (χ2n) is 13.2. The lowest BCUT2D eigenvalue weighted by molar-refractivity contribution is -0.140. The summed E-state index contributed by atoms with van der Waals surface area (Å²) >= 11 is 0. The van der Waals surface area contributed by atoms with Crippen molar-refractivity contribution in [3.8, 4) is 0 Å². The predicted molar refractivity (Wildman–Crippen MR) is 169 cm³/mol. The van der Waals surface area contributed by atoms with Gasteiger partial charge in [0, 0.05) is 26.1 Å². The summed E-state index contributed by atoms with van der Waals surface area (Å²) in [6.45, 7) is 8.72. The summed E-state index contributed by atoms with van der Waals surface area (Å²) < 4.78 is 39.4. The molecule has 7 atom stereocenters. The van der Waals surface area contributed by atoms with Gasteiger partial charge in [0.05, 0.1) is 28.3 Å². The van der Waals surface area contributed by atoms with E-state index < -0.39 is 51.9 Å². The van der Waals surface area contributed by atoms with Crippen LogP contribution in [0, 0.1) is 17.8 Å². The molecule has 4 fully saturated rings. The van der Waals surface area contributed by atoms with E-state index in [2.05, 4.69) is 23.2 Å². The van der Waals surface area contributed by atoms with Gasteiger partial charge in [0.1, 0.15) is 18.4 Å². The first-order valence-electron chi connectivity index (χ1n) is 16.1. The first kappa shape index (κ1) is 31.7. The van der Waals surface area contributed by atoms with Crippen molar-refractivity contribution in [1.82, 2.24) is 14.9 Å². The van der Waals surface area contributed by atoms with Gasteiger partial charge < -0.3 is 19.7 Å². The van der Waals surface area contributed by atoms with Crippen molar-refractivity contribution in [2.45, 2.75) is 87.0 Å². The van der Waals surface area contributed by atoms with Crippen LogP contribution in [0.4, 0.5) is 10.5 Å². The van der Waals surface area contributed by atoms with Gasteiger partial charge in [-0.2, -0.15) is 4.72 Å². The number of amides is 3. The Labute approximate surface area is 265 Å². The fourth-order valence-corrected chi connectivity index (χ4v) is 8.56. The number of nitrogens with one attached hydrogen (secondary N) is 2. The summed E-state index contributed by atoms with van der Waals surface area (Å²) in [6.07, 6.45) is 6.92. The van der Waals surface area contributed by atoms with Gasteiger partial charge in [-0.3, -0.25) is 14.5 Å². The molecule has 11 nitrogen and oxygen atoms in total. The Hall–Kier alpha value is -3.22. The number of hydrogen-bond donors (Lipinski definition) is 2. The van der Waals surface area contributed by atoms with E-state index in [0.717, 1.165) is 36.9 Å². The van der Waals surface area contributed by atoms with E-state index in [-0.39, 0.29) is 35.8 Å². The van der Waals surface area contributed by atoms with Gasteiger partial charge >= 0.3 is 6.09 Å². The Morgan fingerprint density at radius 1 is 1.16 bits per heavy atom. The van der Waals surface area contributed by atoms with E-state index in [4.69, 9.17) is 9.47 Å². The fourth-order valence-electron chi connectivity index (χ4n) is 7.11. The second-order valence-corrected chi connectivity index (χ2v) is 15.2. The number of carbonyl (C=O) groups is 3. The maximum atomic E-state index is 14.0. The van der Waals surface area contributed by atoms with Gasteiger partial charge in [0.25, 0.3) is 0 Å². The van der Waals surface area contributed by atoms with E-state index in [9.17, 15) is 22.8 Å². The number of nitrogens with zero attached hydrogens (tertiary/aromatic N) is 2. The topological polar surface area (TPSA) is 138 Å². The number of para-hydroxylation sites is 1. The number of anilines is 1. The molecular weight excluding hydrogens is 596 g/mol. The highest BCUT2D eigenvalue weighted by Gasteiger charge is 2.69. The maximum Gasteiger partial charge on any atom is 0.414 e. The SMILES string of the molecule is C=CCCCCN(C)C(=O)[C@@H]1C[C@H](OC(=O)N2CCc3ccccc32)C[C@H]1C(=O)N[C@]1(C2OC2NS(=O)(=O)C2CC2)C[C@H]1C=C. The summed E-state index contributed by atoms with van der Waals surface area (Å²) in [4.78, 5) is 44.4. The molecule has 1 aromatic rings. The van der Waals surface area contributed by atoms with Crippen LogP contribution in [0.15, 0.2) is 49.6 Å². The average molecular weight is 641 g/mol. The molecule has 244 valence electrons. The van der Waals surface area contributed by atoms with E-state index in [1.165, 1.54) is 0 Å². The monoisotopic (exact) mass is 640 g/mol. The number of unbranched alkanes of at least 4 members (excludes halogenated alkanes) is 2. The fraction of sp³-hybridized carbons (Fsp3) is 0.606. The van der Waals surface area contributed by atoms with E-state index >= 15 is 0 Å². The van der Waals surface area contributed by atoms with Crippen molar-refractivity contribution in [1.29, 1.82) is 0 Å². The summed E-state index contributed by atoms with van der Waals surface area (Å²) in [5, 5.41) is 2.78. The molecule has 0 radical (unpaired) electrons. The molecule has 1 saturated heterocycles. The largest absolute Gasteiger partial charge is 0.446 e. The Bertz CT molecular complexity index is 1460. The first-order valence-corrected chi connectivity index (χ1v) is 17.7. The zero-order valence-corrected chi connectivity index (χ0v) is 26.7. The van der Waals surface area contributed by atoms with Gasteiger partial charge in [-0.15, -0.1) is 13.2 Å². The summed E-state index contributed by atoms with van der Waals surface area (Å²) in [5.41, 5.74) is 1.10. The molecule has 1 aromatic carbocycles. The minimum Gasteiger partial charge on any atom is -0.446 e. The van der Waals surface area contributed by atoms with Gasteiger partial charge in [-0.1, -0.05) is 30.4 Å². The Kier molecular flexibility index (Phi) is 8.84. The van der Waals surface area contributed by atoms with Crippen LogP contribution in [0.2, 0.25) is 0 Å². The summed E-state index contributed by atoms with van der Waals surface area (Å²) in [6, 6.07) is 7.71. The number of ether oxygens (including phenoxy) is 2. The number of fused-ring (bicyclic) bond motifs is 1. The zero-order valence-electron chi connectivity index (χ0n) is 25.9. The highest BCUT2D eigenvalue weighted by molar-refractivity contribution is 7.90. The summed E-state index contributed by atoms with van der Waals surface area (Å²) in [7, 11) is -1.72. The minimum absolute atomic E-state index is 0.0890. The number of hydrogen-bond acceptors (Lipinski definition) is 7. The number of sulfonamides is 1. The predicted octanol–water partition coefficient (Wildman–Crippen LogP) is 3.26. The van der Waals surface area contributed by atoms with Gasteiger partial charge in [0.2, 0.25) is 21.8 Å². The van der Waals surface area contributed by atoms with Gasteiger partial charge in [0.15, 0.2) is 0 Å². The lowest BCUT2D eigenvalue weighted by atomic mass is 9.92. The summed E-state index contributed by atoms with van der Waals surface area (Å²) in [5.74, 6) is -1.95. The molecule has 5 aliphatic rings. The average Bonchev–Trinajstić information content (AvgIpc) is 3.97. The van der Waals surface area contributed by atoms with Gasteiger partial charge in [-0.05, 0) is 69.4 Å². The molecule has 0 bridgehead atoms. The molecule has 3 saturated carbocycles. The highest BCUT2D eigenvalue weighted by Crippen LogP contribution is 2.54. The van der Waals surface area contributed by atoms with Gasteiger partial charge in [-0.25, -0.2) is 13.2 Å². The van der Waals surface area contributed by atoms with Crippen molar-refractivity contribution in [2.24, 2.45) is 17.8 Å². The van der Waals surface area contributed by atoms with Crippen LogP contribution in [-0.2, 0) is 35.5 Å². The smallest absolute Gasteiger partial charge is 0.414 e. The molecule has 45 heavy (non-hydrogen) atoms. The quantitative estimate of drug-likeness (QED) is 0.181. The Morgan fingerprint density at radius 2 is 1.91 bits per heavy atom. The van der Waals surface area contributed by atoms with Crippen LogP contribution < -0.4 is 14.9 Å². The van der Waals surface area contributed by atoms with E-state index in [0.29, 0.717) is 32.4 Å². The lowest BCUT2D eigenvalue weighted by Gasteiger charge is -2.26. The van der Waals surface area contributed by atoms with Crippen LogP contribution in [0.25, 0.3) is 0 Å². The Morgan fingerprint density at radius 3 is 2.62 bits per heavy atom. The van der Waals surface area contributed by atoms with Crippen LogP contribution in [0.3, 0.4) is 0 Å². The van der Waals surface area contributed by atoms with Crippen molar-refractivity contribution < 1.29 is 32.3 Å². The number of epoxide rings is 1. The zero-order chi connectivity index (χ0) is 31.9. The molecule has 2 unspecified atom stereocenters. The van der Waals surface area contributed by atoms with Crippen molar-refractivity contribution in [3.63, 3.8) is 0 Å². The van der Waals surface area contributed by atoms with Crippen LogP contribution in [-0.4, -0.2) is 80.6 Å². The van der Waals surface area contributed by atoms with E-state index in [1.807, 2.05) is 30.3 Å². The molecule has 6 rings (SSSR count). The highest BCUT2D eigenvalue weighted by atomic mass is 32.2. The lowest BCUT2D eigenvalue weighted by Crippen LogP contribution is -2.49. The third-order valence-corrected chi connectivity index (χ3v) is 11.9. The molecule has 2 N–H and O–H groups in total. The minimum atomic E-state index is -3.46. The normalized spacial score (nSPS) is 31.5. The molecule has 2 aliphatic heterocycles. The molecule has 3 aliphatic carbocycles. The van der Waals surface area contributed by atoms with Crippen molar-refractivity contribution in [2.75, 3.05) is 25.0 Å². The molecule has 3 amide bonds. The third kappa shape index (κ3) is 6.55. The first-order chi connectivity index (χ1) is 21.6. The molecule has 2 heterocycles. The van der Waals surface area contributed by atoms with Crippen molar-refractivity contribution in [3.05, 3.63) is 55.1 Å². The number of carbonyl (C=O) groups excluding carboxylic acids is 3. The maximum absolute atomic E-state index is 14.0. The Balaban J connectivity index is 1.15. The van der Waals surface area contributed by atoms with E-state index in [1.54, 1.807) is 22.9 Å². The van der Waals surface area contributed by atoms with Crippen LogP contribution >= 0.6 is 0 Å². The number of allylic oxidation sites excluding steroid dienone is 1. The van der Waals surface area contributed by atoms with Crippen molar-refractivity contribution >= 4 is 33.6 Å². The standard InChI is InChI=1S/C33H44N4O7S/c1-4-6-7-10-16-36(3)31(39)26-19-23(43-32(40)37-17-15-21-11-8-9-12-27(21)37)18-25(26)29(38)34-33(20-22(33)5-2)28-30(44-28)35-45(41,42)24-13-14-24/h4-5,8-9,11-12,22-26,28,30,35H,1-2,6-7,10,13-20H2,3H3,(H,34,38)/t22-,23-,25-,26-,28?,30?,33-/m1/s1. The number of benzene rings is 1. The third-order valence-electron chi connectivity index (χ3n) is 10.0. The van der Waals surface area contributed by atoms with Crippen LogP contribution in [0.1, 0.15) is 56.9 Å². The molecule has 12 heteroatoms.